The van der Waals surface area contributed by atoms with Crippen molar-refractivity contribution in [3.8, 4) is 28.8 Å². The first-order chi connectivity index (χ1) is 37.7. The summed E-state index contributed by atoms with van der Waals surface area (Å²) in [4.78, 5) is 4.14. The molecule has 0 aliphatic rings. The highest BCUT2D eigenvalue weighted by Crippen LogP contribution is 2.48. The lowest BCUT2D eigenvalue weighted by Gasteiger charge is -2.16. The highest BCUT2D eigenvalue weighted by Gasteiger charge is 2.27. The molecule has 0 spiro atoms. The molecule has 0 N–H and O–H groups in total. The van der Waals surface area contributed by atoms with E-state index in [9.17, 15) is 5.26 Å². The summed E-state index contributed by atoms with van der Waals surface area (Å²) in [7, 11) is 0. The van der Waals surface area contributed by atoms with E-state index in [0.717, 1.165) is 142 Å². The molecule has 11 aromatic carbocycles. The Hall–Kier alpha value is -10.8. The standard InChI is InChI=1S/C68H36N6O2/c1-70-50-36-39(38-69)59(73-53-26-14-10-22-48(53)63-57(73)34-30-44-42-28-32-55-61(65(42)75-67(44)63)46-20-8-12-24-51(46)71(55)40-16-4-2-5-17-40)37-60(50)74-54-27-15-11-23-49(54)64-58(74)35-31-45-43-29-33-56-62(66(43)76-68(45)64)47-21-9-13-25-52(47)72(56)41-18-6-3-7-19-41/h2-37H. The molecule has 0 unspecified atom stereocenters. The predicted molar refractivity (Wildman–Crippen MR) is 309 cm³/mol. The summed E-state index contributed by atoms with van der Waals surface area (Å²) in [5.74, 6) is 0. The lowest BCUT2D eigenvalue weighted by atomic mass is 10.1. The van der Waals surface area contributed by atoms with Gasteiger partial charge in [-0.15, -0.1) is 0 Å². The van der Waals surface area contributed by atoms with Gasteiger partial charge in [0.2, 0.25) is 5.69 Å². The second-order valence-corrected chi connectivity index (χ2v) is 19.7. The van der Waals surface area contributed by atoms with Crippen molar-refractivity contribution in [2.75, 3.05) is 0 Å². The van der Waals surface area contributed by atoms with Crippen molar-refractivity contribution in [3.63, 3.8) is 0 Å². The molecule has 6 aromatic heterocycles. The van der Waals surface area contributed by atoms with Crippen molar-refractivity contribution < 1.29 is 8.83 Å². The van der Waals surface area contributed by atoms with Crippen molar-refractivity contribution in [2.45, 2.75) is 0 Å². The minimum absolute atomic E-state index is 0.363. The Morgan fingerprint density at radius 1 is 0.329 bits per heavy atom. The third kappa shape index (κ3) is 5.18. The molecule has 0 atom stereocenters. The highest BCUT2D eigenvalue weighted by atomic mass is 16.3. The lowest BCUT2D eigenvalue weighted by Crippen LogP contribution is -2.02. The van der Waals surface area contributed by atoms with Gasteiger partial charge >= 0.3 is 0 Å². The van der Waals surface area contributed by atoms with Crippen molar-refractivity contribution >= 4 is 137 Å². The molecule has 76 heavy (non-hydrogen) atoms. The van der Waals surface area contributed by atoms with Crippen LogP contribution in [0.25, 0.3) is 159 Å². The molecule has 0 radical (unpaired) electrons. The first kappa shape index (κ1) is 40.8. The van der Waals surface area contributed by atoms with Crippen molar-refractivity contribution in [2.24, 2.45) is 0 Å². The zero-order valence-corrected chi connectivity index (χ0v) is 40.3. The highest BCUT2D eigenvalue weighted by molar-refractivity contribution is 6.31. The zero-order chi connectivity index (χ0) is 49.9. The van der Waals surface area contributed by atoms with Gasteiger partial charge in [-0.3, -0.25) is 0 Å². The Morgan fingerprint density at radius 3 is 1.03 bits per heavy atom. The van der Waals surface area contributed by atoms with Crippen LogP contribution in [0.1, 0.15) is 5.56 Å². The molecule has 17 rings (SSSR count). The molecule has 0 aliphatic carbocycles. The van der Waals surface area contributed by atoms with E-state index < -0.39 is 0 Å². The van der Waals surface area contributed by atoms with Crippen LogP contribution >= 0.6 is 0 Å². The van der Waals surface area contributed by atoms with E-state index in [-0.39, 0.29) is 0 Å². The topological polar surface area (TPSA) is 74.2 Å². The summed E-state index contributed by atoms with van der Waals surface area (Å²) in [6.07, 6.45) is 0. The Labute approximate surface area is 431 Å². The van der Waals surface area contributed by atoms with Crippen molar-refractivity contribution in [1.29, 1.82) is 5.26 Å². The van der Waals surface area contributed by atoms with E-state index >= 15 is 0 Å². The maximum Gasteiger partial charge on any atom is 0.212 e. The number of nitrogens with zero attached hydrogens (tertiary/aromatic N) is 6. The molecule has 0 aliphatic heterocycles. The first-order valence-corrected chi connectivity index (χ1v) is 25.3. The minimum Gasteiger partial charge on any atom is -0.455 e. The fourth-order valence-electron chi connectivity index (χ4n) is 12.9. The zero-order valence-electron chi connectivity index (χ0n) is 40.3. The molecule has 17 aromatic rings. The van der Waals surface area contributed by atoms with Gasteiger partial charge in [-0.1, -0.05) is 109 Å². The van der Waals surface area contributed by atoms with Crippen LogP contribution in [-0.4, -0.2) is 18.3 Å². The van der Waals surface area contributed by atoms with E-state index in [0.29, 0.717) is 22.6 Å². The molecular weight excluding hydrogens is 933 g/mol. The second kappa shape index (κ2) is 14.9. The van der Waals surface area contributed by atoms with Crippen molar-refractivity contribution in [3.05, 3.63) is 235 Å². The summed E-state index contributed by atoms with van der Waals surface area (Å²) < 4.78 is 23.5. The summed E-state index contributed by atoms with van der Waals surface area (Å²) in [5, 5.41) is 23.4. The maximum atomic E-state index is 11.1. The van der Waals surface area contributed by atoms with Gasteiger partial charge < -0.3 is 27.1 Å². The third-order valence-electron chi connectivity index (χ3n) is 16.0. The monoisotopic (exact) mass is 968 g/mol. The van der Waals surface area contributed by atoms with E-state index in [2.05, 4.69) is 211 Å². The molecule has 8 nitrogen and oxygen atoms in total. The van der Waals surface area contributed by atoms with Crippen LogP contribution in [0.15, 0.2) is 227 Å². The fraction of sp³-hybridized carbons (Fsp3) is 0. The van der Waals surface area contributed by atoms with Crippen molar-refractivity contribution in [1.82, 2.24) is 18.3 Å². The molecule has 0 amide bonds. The number of fused-ring (bicyclic) bond motifs is 22. The van der Waals surface area contributed by atoms with Gasteiger partial charge in [-0.25, -0.2) is 4.85 Å². The number of rotatable bonds is 4. The number of hydrogen-bond acceptors (Lipinski definition) is 3. The predicted octanol–water partition coefficient (Wildman–Crippen LogP) is 18.3. The number of aromatic nitrogens is 4. The van der Waals surface area contributed by atoms with Crippen LogP contribution in [-0.2, 0) is 0 Å². The molecule has 350 valence electrons. The molecule has 0 saturated carbocycles. The van der Waals surface area contributed by atoms with Gasteiger partial charge in [0.1, 0.15) is 22.3 Å². The van der Waals surface area contributed by atoms with Crippen LogP contribution in [0.3, 0.4) is 0 Å². The fourth-order valence-corrected chi connectivity index (χ4v) is 12.9. The summed E-state index contributed by atoms with van der Waals surface area (Å²) in [6.45, 7) is 8.66. The summed E-state index contributed by atoms with van der Waals surface area (Å²) in [6, 6.07) is 78.4. The molecule has 0 bridgehead atoms. The third-order valence-corrected chi connectivity index (χ3v) is 16.0. The van der Waals surface area contributed by atoms with Gasteiger partial charge in [0.25, 0.3) is 0 Å². The van der Waals surface area contributed by atoms with Crippen LogP contribution < -0.4 is 0 Å². The second-order valence-electron chi connectivity index (χ2n) is 19.7. The molecule has 8 heteroatoms. The van der Waals surface area contributed by atoms with E-state index in [1.807, 2.05) is 30.3 Å². The molecular formula is C68H36N6O2. The number of furan rings is 2. The average Bonchev–Trinajstić information content (AvgIpc) is 4.45. The van der Waals surface area contributed by atoms with E-state index in [1.54, 1.807) is 6.07 Å². The summed E-state index contributed by atoms with van der Waals surface area (Å²) in [5.41, 5.74) is 15.4. The van der Waals surface area contributed by atoms with E-state index in [1.165, 1.54) is 0 Å². The quantitative estimate of drug-likeness (QED) is 0.165. The van der Waals surface area contributed by atoms with E-state index in [4.69, 9.17) is 15.4 Å². The minimum atomic E-state index is 0.363. The average molecular weight is 969 g/mol. The van der Waals surface area contributed by atoms with Crippen LogP contribution in [0, 0.1) is 17.9 Å². The Bertz CT molecular complexity index is 5160. The Kier molecular flexibility index (Phi) is 7.99. The lowest BCUT2D eigenvalue weighted by molar-refractivity contribution is 0.676. The molecule has 6 heterocycles. The van der Waals surface area contributed by atoms with Crippen LogP contribution in [0.5, 0.6) is 0 Å². The smallest absolute Gasteiger partial charge is 0.212 e. The Balaban J connectivity index is 0.920. The van der Waals surface area contributed by atoms with Gasteiger partial charge in [-0.2, -0.15) is 5.26 Å². The van der Waals surface area contributed by atoms with Crippen LogP contribution in [0.2, 0.25) is 0 Å². The Morgan fingerprint density at radius 2 is 0.658 bits per heavy atom. The van der Waals surface area contributed by atoms with Gasteiger partial charge in [-0.05, 0) is 109 Å². The largest absolute Gasteiger partial charge is 0.455 e. The van der Waals surface area contributed by atoms with Gasteiger partial charge in [0.15, 0.2) is 0 Å². The van der Waals surface area contributed by atoms with Crippen LogP contribution in [0.4, 0.5) is 5.69 Å². The normalized spacial score (nSPS) is 12.2. The maximum absolute atomic E-state index is 11.1. The summed E-state index contributed by atoms with van der Waals surface area (Å²) >= 11 is 0. The molecule has 0 fully saturated rings. The van der Waals surface area contributed by atoms with Gasteiger partial charge in [0, 0.05) is 54.5 Å². The number of benzene rings is 11. The first-order valence-electron chi connectivity index (χ1n) is 25.3. The van der Waals surface area contributed by atoms with Gasteiger partial charge in [0.05, 0.1) is 95.3 Å². The molecule has 0 saturated heterocycles. The number of hydrogen-bond donors (Lipinski definition) is 0. The number of nitriles is 1. The number of para-hydroxylation sites is 6. The SMILES string of the molecule is [C-]#[N+]c1cc(C#N)c(-n2c3ccccc3c3c4oc5c(ccc6c5c5ccccc5n6-c5ccccc5)c4ccc32)cc1-n1c2ccccc2c2c3oc4c(ccc5c4c4ccccc4n5-c4ccccc4)c3ccc21.